The van der Waals surface area contributed by atoms with Gasteiger partial charge in [-0.15, -0.1) is 12.4 Å². The van der Waals surface area contributed by atoms with Crippen molar-refractivity contribution in [1.82, 2.24) is 5.32 Å². The van der Waals surface area contributed by atoms with Crippen LogP contribution in [-0.2, 0) is 0 Å². The second kappa shape index (κ2) is 6.44. The Kier molecular flexibility index (Phi) is 5.68. The molecule has 1 aromatic carbocycles. The molecule has 0 aliphatic heterocycles. The molecule has 1 aliphatic carbocycles. The van der Waals surface area contributed by atoms with Crippen molar-refractivity contribution in [2.75, 3.05) is 6.54 Å². The Labute approximate surface area is 132 Å². The van der Waals surface area contributed by atoms with Gasteiger partial charge in [0.2, 0.25) is 0 Å². The summed E-state index contributed by atoms with van der Waals surface area (Å²) in [6.45, 7) is 2.46. The van der Waals surface area contributed by atoms with Gasteiger partial charge in [-0.3, -0.25) is 4.79 Å². The van der Waals surface area contributed by atoms with Crippen LogP contribution in [0.4, 0.5) is 0 Å². The highest BCUT2D eigenvalue weighted by atomic mass is 79.9. The summed E-state index contributed by atoms with van der Waals surface area (Å²) in [4.78, 5) is 12.2. The number of benzene rings is 1. The summed E-state index contributed by atoms with van der Waals surface area (Å²) >= 11 is 9.29. The number of halogens is 3. The van der Waals surface area contributed by atoms with Crippen LogP contribution in [0.3, 0.4) is 0 Å². The van der Waals surface area contributed by atoms with E-state index in [1.54, 1.807) is 18.2 Å². The van der Waals surface area contributed by atoms with Gasteiger partial charge < -0.3 is 11.1 Å². The highest BCUT2D eigenvalue weighted by molar-refractivity contribution is 9.10. The summed E-state index contributed by atoms with van der Waals surface area (Å²) in [7, 11) is 0. The minimum atomic E-state index is -0.309. The molecule has 0 spiro atoms. The van der Waals surface area contributed by atoms with E-state index < -0.39 is 0 Å². The van der Waals surface area contributed by atoms with Crippen molar-refractivity contribution in [2.45, 2.75) is 25.3 Å². The smallest absolute Gasteiger partial charge is 0.251 e. The fourth-order valence-electron chi connectivity index (χ4n) is 2.01. The van der Waals surface area contributed by atoms with E-state index in [2.05, 4.69) is 21.2 Å². The average molecular weight is 368 g/mol. The van der Waals surface area contributed by atoms with Crippen LogP contribution in [-0.4, -0.2) is 18.0 Å². The second-order valence-corrected chi connectivity index (χ2v) is 6.24. The van der Waals surface area contributed by atoms with Crippen LogP contribution in [0.15, 0.2) is 22.7 Å². The molecule has 0 saturated heterocycles. The van der Waals surface area contributed by atoms with Crippen molar-refractivity contribution >= 4 is 45.8 Å². The lowest BCUT2D eigenvalue weighted by molar-refractivity contribution is 0.0898. The summed E-state index contributed by atoms with van der Waals surface area (Å²) in [6.07, 6.45) is 2.27. The van der Waals surface area contributed by atoms with E-state index in [0.29, 0.717) is 23.0 Å². The van der Waals surface area contributed by atoms with Gasteiger partial charge in [-0.05, 0) is 59.8 Å². The molecule has 3 nitrogen and oxygen atoms in total. The molecule has 19 heavy (non-hydrogen) atoms. The van der Waals surface area contributed by atoms with Gasteiger partial charge in [-0.1, -0.05) is 11.6 Å². The van der Waals surface area contributed by atoms with E-state index in [9.17, 15) is 4.79 Å². The fourth-order valence-corrected chi connectivity index (χ4v) is 2.44. The normalized spacial score (nSPS) is 17.3. The van der Waals surface area contributed by atoms with Crippen molar-refractivity contribution in [3.05, 3.63) is 33.3 Å². The predicted molar refractivity (Wildman–Crippen MR) is 84.0 cm³/mol. The number of hydrogen-bond donors (Lipinski definition) is 2. The van der Waals surface area contributed by atoms with Crippen LogP contribution in [0.2, 0.25) is 5.02 Å². The van der Waals surface area contributed by atoms with Gasteiger partial charge in [-0.25, -0.2) is 0 Å². The zero-order chi connectivity index (χ0) is 13.3. The van der Waals surface area contributed by atoms with Crippen molar-refractivity contribution in [3.8, 4) is 0 Å². The Morgan fingerprint density at radius 3 is 2.68 bits per heavy atom. The van der Waals surface area contributed by atoms with Crippen molar-refractivity contribution < 1.29 is 4.79 Å². The first-order valence-electron chi connectivity index (χ1n) is 5.94. The Bertz CT molecular complexity index is 480. The van der Waals surface area contributed by atoms with Crippen LogP contribution in [0, 0.1) is 5.92 Å². The molecule has 0 radical (unpaired) electrons. The van der Waals surface area contributed by atoms with Gasteiger partial charge in [0.05, 0.1) is 10.6 Å². The topological polar surface area (TPSA) is 55.1 Å². The summed E-state index contributed by atoms with van der Waals surface area (Å²) < 4.78 is 0.782. The molecule has 1 saturated carbocycles. The molecule has 3 N–H and O–H groups in total. The maximum absolute atomic E-state index is 12.2. The standard InChI is InChI=1S/C13H16BrClN2O.ClH/c1-13(7-16,9-3-4-9)17-12(18)8-2-5-10(14)11(15)6-8;/h2,5-6,9H,3-4,7,16H2,1H3,(H,17,18);1H. The molecule has 0 aromatic heterocycles. The number of nitrogens with one attached hydrogen (secondary N) is 1. The first-order chi connectivity index (χ1) is 8.46. The van der Waals surface area contributed by atoms with Crippen molar-refractivity contribution in [3.63, 3.8) is 0 Å². The van der Waals surface area contributed by atoms with Gasteiger partial charge in [0.15, 0.2) is 0 Å². The molecule has 1 fully saturated rings. The van der Waals surface area contributed by atoms with E-state index >= 15 is 0 Å². The van der Waals surface area contributed by atoms with Crippen molar-refractivity contribution in [2.24, 2.45) is 11.7 Å². The SMILES string of the molecule is CC(CN)(NC(=O)c1ccc(Br)c(Cl)c1)C1CC1.Cl. The maximum Gasteiger partial charge on any atom is 0.251 e. The van der Waals surface area contributed by atoms with Crippen LogP contribution in [0.1, 0.15) is 30.1 Å². The molecular weight excluding hydrogens is 351 g/mol. The number of hydrogen-bond acceptors (Lipinski definition) is 2. The van der Waals surface area contributed by atoms with Crippen LogP contribution in [0.25, 0.3) is 0 Å². The molecular formula is C13H17BrCl2N2O. The molecule has 1 amide bonds. The van der Waals surface area contributed by atoms with Crippen LogP contribution < -0.4 is 11.1 Å². The summed E-state index contributed by atoms with van der Waals surface area (Å²) in [5, 5.41) is 3.56. The first kappa shape index (κ1) is 16.8. The van der Waals surface area contributed by atoms with E-state index in [4.69, 9.17) is 17.3 Å². The molecule has 1 atom stereocenters. The molecule has 1 unspecified atom stereocenters. The van der Waals surface area contributed by atoms with Crippen LogP contribution in [0.5, 0.6) is 0 Å². The third kappa shape index (κ3) is 3.85. The average Bonchev–Trinajstić information content (AvgIpc) is 3.16. The first-order valence-corrected chi connectivity index (χ1v) is 7.11. The number of nitrogens with two attached hydrogens (primary N) is 1. The zero-order valence-electron chi connectivity index (χ0n) is 10.6. The monoisotopic (exact) mass is 366 g/mol. The largest absolute Gasteiger partial charge is 0.345 e. The van der Waals surface area contributed by atoms with Crippen LogP contribution >= 0.6 is 39.9 Å². The van der Waals surface area contributed by atoms with Gasteiger partial charge in [0, 0.05) is 16.6 Å². The Morgan fingerprint density at radius 2 is 2.21 bits per heavy atom. The summed E-state index contributed by atoms with van der Waals surface area (Å²) in [5.41, 5.74) is 6.03. The van der Waals surface area contributed by atoms with E-state index in [1.807, 2.05) is 6.92 Å². The number of carbonyl (C=O) groups excluding carboxylic acids is 1. The Morgan fingerprint density at radius 1 is 1.58 bits per heavy atom. The highest BCUT2D eigenvalue weighted by Gasteiger charge is 2.41. The van der Waals surface area contributed by atoms with E-state index in [1.165, 1.54) is 0 Å². The summed E-state index contributed by atoms with van der Waals surface area (Å²) in [5.74, 6) is 0.377. The Hall–Kier alpha value is -0.290. The van der Waals surface area contributed by atoms with Gasteiger partial charge in [0.1, 0.15) is 0 Å². The van der Waals surface area contributed by atoms with Crippen molar-refractivity contribution in [1.29, 1.82) is 0 Å². The lowest BCUT2D eigenvalue weighted by Gasteiger charge is -2.29. The third-order valence-corrected chi connectivity index (χ3v) is 4.72. The molecule has 0 heterocycles. The lowest BCUT2D eigenvalue weighted by Crippen LogP contribution is -2.53. The van der Waals surface area contributed by atoms with Gasteiger partial charge in [-0.2, -0.15) is 0 Å². The number of rotatable bonds is 4. The minimum Gasteiger partial charge on any atom is -0.345 e. The maximum atomic E-state index is 12.2. The lowest BCUT2D eigenvalue weighted by atomic mass is 9.95. The molecule has 0 bridgehead atoms. The molecule has 1 aromatic rings. The van der Waals surface area contributed by atoms with E-state index in [-0.39, 0.29) is 23.9 Å². The molecule has 1 aliphatic rings. The Balaban J connectivity index is 0.00000180. The van der Waals surface area contributed by atoms with Gasteiger partial charge in [0.25, 0.3) is 5.91 Å². The molecule has 6 heteroatoms. The van der Waals surface area contributed by atoms with Gasteiger partial charge >= 0.3 is 0 Å². The number of amides is 1. The fraction of sp³-hybridized carbons (Fsp3) is 0.462. The highest BCUT2D eigenvalue weighted by Crippen LogP contribution is 2.39. The third-order valence-electron chi connectivity index (χ3n) is 3.48. The zero-order valence-corrected chi connectivity index (χ0v) is 13.7. The molecule has 106 valence electrons. The second-order valence-electron chi connectivity index (χ2n) is 4.98. The van der Waals surface area contributed by atoms with E-state index in [0.717, 1.165) is 17.3 Å². The number of carbonyl (C=O) groups is 1. The summed E-state index contributed by atoms with van der Waals surface area (Å²) in [6, 6.07) is 5.17. The molecule has 2 rings (SSSR count). The quantitative estimate of drug-likeness (QED) is 0.856. The minimum absolute atomic E-state index is 0. The predicted octanol–water partition coefficient (Wildman–Crippen LogP) is 3.38.